The summed E-state index contributed by atoms with van der Waals surface area (Å²) in [5.41, 5.74) is 2.40. The van der Waals surface area contributed by atoms with Crippen molar-refractivity contribution < 1.29 is 14.2 Å². The molecule has 2 heterocycles. The molecule has 1 aromatic rings. The molecule has 5 heteroatoms. The number of halogens is 1. The maximum atomic E-state index is 5.92. The van der Waals surface area contributed by atoms with Crippen molar-refractivity contribution in [2.75, 3.05) is 32.9 Å². The third kappa shape index (κ3) is 2.54. The van der Waals surface area contributed by atoms with E-state index in [1.165, 1.54) is 11.1 Å². The Morgan fingerprint density at radius 3 is 2.60 bits per heavy atom. The number of hydrogen-bond donors (Lipinski definition) is 1. The molecular weight excluding hydrogens is 322 g/mol. The highest BCUT2D eigenvalue weighted by Crippen LogP contribution is 2.47. The normalized spacial score (nSPS) is 22.1. The second-order valence-electron chi connectivity index (χ2n) is 5.43. The van der Waals surface area contributed by atoms with E-state index >= 15 is 0 Å². The van der Waals surface area contributed by atoms with Crippen LogP contribution in [0.25, 0.3) is 0 Å². The SMILES string of the molecule is CC(C)c1c(C2CNCCO2)cc(Br)c2c1OCCO2. The van der Waals surface area contributed by atoms with Gasteiger partial charge in [-0.15, -0.1) is 0 Å². The van der Waals surface area contributed by atoms with Crippen LogP contribution >= 0.6 is 15.9 Å². The lowest BCUT2D eigenvalue weighted by molar-refractivity contribution is 0.0265. The van der Waals surface area contributed by atoms with E-state index < -0.39 is 0 Å². The summed E-state index contributed by atoms with van der Waals surface area (Å²) in [6.07, 6.45) is 0.0771. The van der Waals surface area contributed by atoms with Crippen LogP contribution in [0.15, 0.2) is 10.5 Å². The Bertz CT molecular complexity index is 498. The molecule has 1 unspecified atom stereocenters. The van der Waals surface area contributed by atoms with Gasteiger partial charge in [-0.2, -0.15) is 0 Å². The van der Waals surface area contributed by atoms with Crippen molar-refractivity contribution in [3.8, 4) is 11.5 Å². The van der Waals surface area contributed by atoms with Gasteiger partial charge in [-0.05, 0) is 33.5 Å². The summed E-state index contributed by atoms with van der Waals surface area (Å²) in [5.74, 6) is 2.07. The summed E-state index contributed by atoms with van der Waals surface area (Å²) in [7, 11) is 0. The van der Waals surface area contributed by atoms with Gasteiger partial charge in [0.05, 0.1) is 17.2 Å². The molecule has 110 valence electrons. The number of nitrogens with one attached hydrogen (secondary N) is 1. The number of ether oxygens (including phenoxy) is 3. The molecule has 4 nitrogen and oxygen atoms in total. The van der Waals surface area contributed by atoms with Crippen LogP contribution in [0.5, 0.6) is 11.5 Å². The maximum Gasteiger partial charge on any atom is 0.175 e. The number of morpholine rings is 1. The Morgan fingerprint density at radius 1 is 1.20 bits per heavy atom. The minimum absolute atomic E-state index is 0.0771. The van der Waals surface area contributed by atoms with Crippen molar-refractivity contribution in [2.24, 2.45) is 0 Å². The number of hydrogen-bond acceptors (Lipinski definition) is 4. The third-order valence-corrected chi connectivity index (χ3v) is 4.28. The summed E-state index contributed by atoms with van der Waals surface area (Å²) in [4.78, 5) is 0. The zero-order chi connectivity index (χ0) is 14.1. The van der Waals surface area contributed by atoms with E-state index in [0.29, 0.717) is 19.1 Å². The molecule has 1 N–H and O–H groups in total. The predicted molar refractivity (Wildman–Crippen MR) is 80.8 cm³/mol. The van der Waals surface area contributed by atoms with Gasteiger partial charge < -0.3 is 19.5 Å². The van der Waals surface area contributed by atoms with Crippen LogP contribution < -0.4 is 14.8 Å². The first-order valence-electron chi connectivity index (χ1n) is 7.12. The number of rotatable bonds is 2. The van der Waals surface area contributed by atoms with E-state index in [0.717, 1.165) is 35.7 Å². The van der Waals surface area contributed by atoms with Crippen molar-refractivity contribution in [1.29, 1.82) is 0 Å². The average Bonchev–Trinajstić information content (AvgIpc) is 2.47. The van der Waals surface area contributed by atoms with Gasteiger partial charge in [-0.3, -0.25) is 0 Å². The van der Waals surface area contributed by atoms with Crippen LogP contribution in [-0.2, 0) is 4.74 Å². The molecule has 1 fully saturated rings. The van der Waals surface area contributed by atoms with E-state index in [-0.39, 0.29) is 6.10 Å². The first-order valence-corrected chi connectivity index (χ1v) is 7.92. The molecular formula is C15H20BrNO3. The van der Waals surface area contributed by atoms with Gasteiger partial charge in [0.1, 0.15) is 13.2 Å². The molecule has 3 rings (SSSR count). The Morgan fingerprint density at radius 2 is 1.95 bits per heavy atom. The minimum atomic E-state index is 0.0771. The molecule has 0 aliphatic carbocycles. The molecule has 0 radical (unpaired) electrons. The van der Waals surface area contributed by atoms with Crippen molar-refractivity contribution in [2.45, 2.75) is 25.9 Å². The zero-order valence-electron chi connectivity index (χ0n) is 11.9. The second-order valence-corrected chi connectivity index (χ2v) is 6.29. The molecule has 0 amide bonds. The highest BCUT2D eigenvalue weighted by Gasteiger charge is 2.28. The van der Waals surface area contributed by atoms with Crippen molar-refractivity contribution in [3.63, 3.8) is 0 Å². The van der Waals surface area contributed by atoms with Crippen LogP contribution in [0.2, 0.25) is 0 Å². The molecule has 0 aromatic heterocycles. The smallest absolute Gasteiger partial charge is 0.175 e. The van der Waals surface area contributed by atoms with Gasteiger partial charge >= 0.3 is 0 Å². The fraction of sp³-hybridized carbons (Fsp3) is 0.600. The molecule has 2 aliphatic rings. The molecule has 0 bridgehead atoms. The van der Waals surface area contributed by atoms with Crippen molar-refractivity contribution >= 4 is 15.9 Å². The zero-order valence-corrected chi connectivity index (χ0v) is 13.5. The van der Waals surface area contributed by atoms with E-state index in [1.807, 2.05) is 0 Å². The standard InChI is InChI=1S/C15H20BrNO3/c1-9(2)13-10(12-8-17-3-4-18-12)7-11(16)14-15(13)20-6-5-19-14/h7,9,12,17H,3-6,8H2,1-2H3. The highest BCUT2D eigenvalue weighted by molar-refractivity contribution is 9.10. The molecule has 0 spiro atoms. The predicted octanol–water partition coefficient (Wildman–Crippen LogP) is 3.00. The van der Waals surface area contributed by atoms with Crippen LogP contribution in [-0.4, -0.2) is 32.9 Å². The summed E-state index contributed by atoms with van der Waals surface area (Å²) in [6.45, 7) is 8.07. The highest BCUT2D eigenvalue weighted by atomic mass is 79.9. The fourth-order valence-electron chi connectivity index (χ4n) is 2.83. The van der Waals surface area contributed by atoms with Gasteiger partial charge in [0.25, 0.3) is 0 Å². The van der Waals surface area contributed by atoms with Crippen molar-refractivity contribution in [3.05, 3.63) is 21.7 Å². The van der Waals surface area contributed by atoms with Gasteiger partial charge in [-0.1, -0.05) is 13.8 Å². The van der Waals surface area contributed by atoms with E-state index in [4.69, 9.17) is 14.2 Å². The van der Waals surface area contributed by atoms with Crippen LogP contribution in [0, 0.1) is 0 Å². The minimum Gasteiger partial charge on any atom is -0.486 e. The fourth-order valence-corrected chi connectivity index (χ4v) is 3.38. The second kappa shape index (κ2) is 5.92. The maximum absolute atomic E-state index is 5.92. The molecule has 0 saturated carbocycles. The third-order valence-electron chi connectivity index (χ3n) is 3.69. The lowest BCUT2D eigenvalue weighted by atomic mass is 9.91. The number of fused-ring (bicyclic) bond motifs is 1. The molecule has 20 heavy (non-hydrogen) atoms. The van der Waals surface area contributed by atoms with Gasteiger partial charge in [-0.25, -0.2) is 0 Å². The monoisotopic (exact) mass is 341 g/mol. The Hall–Kier alpha value is -0.780. The Balaban J connectivity index is 2.10. The van der Waals surface area contributed by atoms with Gasteiger partial charge in [0.2, 0.25) is 0 Å². The first-order chi connectivity index (χ1) is 9.68. The summed E-state index contributed by atoms with van der Waals surface area (Å²) >= 11 is 3.60. The summed E-state index contributed by atoms with van der Waals surface area (Å²) in [5, 5.41) is 3.39. The Kier molecular flexibility index (Phi) is 4.19. The van der Waals surface area contributed by atoms with Crippen LogP contribution in [0.4, 0.5) is 0 Å². The van der Waals surface area contributed by atoms with E-state index in [1.54, 1.807) is 0 Å². The van der Waals surface area contributed by atoms with Crippen molar-refractivity contribution in [1.82, 2.24) is 5.32 Å². The molecule has 1 aromatic carbocycles. The molecule has 1 atom stereocenters. The number of benzene rings is 1. The van der Waals surface area contributed by atoms with E-state index in [2.05, 4.69) is 41.2 Å². The van der Waals surface area contributed by atoms with E-state index in [9.17, 15) is 0 Å². The average molecular weight is 342 g/mol. The van der Waals surface area contributed by atoms with Gasteiger partial charge in [0, 0.05) is 18.7 Å². The lowest BCUT2D eigenvalue weighted by Gasteiger charge is -2.31. The van der Waals surface area contributed by atoms with Crippen LogP contribution in [0.3, 0.4) is 0 Å². The lowest BCUT2D eigenvalue weighted by Crippen LogP contribution is -2.34. The summed E-state index contributed by atoms with van der Waals surface area (Å²) in [6, 6.07) is 2.13. The van der Waals surface area contributed by atoms with Gasteiger partial charge in [0.15, 0.2) is 11.5 Å². The summed E-state index contributed by atoms with van der Waals surface area (Å²) < 4.78 is 18.5. The quantitative estimate of drug-likeness (QED) is 0.897. The topological polar surface area (TPSA) is 39.7 Å². The largest absolute Gasteiger partial charge is 0.486 e. The Labute approximate surface area is 127 Å². The first kappa shape index (κ1) is 14.2. The molecule has 1 saturated heterocycles. The van der Waals surface area contributed by atoms with Crippen LogP contribution in [0.1, 0.15) is 37.0 Å². The molecule has 2 aliphatic heterocycles.